The molecule has 0 aliphatic rings. The Morgan fingerprint density at radius 2 is 1.95 bits per heavy atom. The fourth-order valence-electron chi connectivity index (χ4n) is 1.79. The molecule has 1 aromatic heterocycles. The molecule has 0 saturated heterocycles. The van der Waals surface area contributed by atoms with Gasteiger partial charge in [0.2, 0.25) is 5.88 Å². The molecule has 100 valence electrons. The first-order chi connectivity index (χ1) is 9.11. The molecule has 0 spiro atoms. The molecule has 2 rings (SSSR count). The van der Waals surface area contributed by atoms with E-state index in [1.165, 1.54) is 6.33 Å². The first-order valence-corrected chi connectivity index (χ1v) is 6.42. The van der Waals surface area contributed by atoms with E-state index >= 15 is 0 Å². The van der Waals surface area contributed by atoms with Gasteiger partial charge < -0.3 is 10.5 Å². The Labute approximate surface area is 121 Å². The lowest BCUT2D eigenvalue weighted by Crippen LogP contribution is -2.15. The number of aromatic nitrogens is 2. The van der Waals surface area contributed by atoms with Crippen LogP contribution in [0.5, 0.6) is 5.88 Å². The molecule has 0 aliphatic carbocycles. The third kappa shape index (κ3) is 3.35. The molecule has 1 unspecified atom stereocenters. The van der Waals surface area contributed by atoms with Crippen LogP contribution in [0.15, 0.2) is 30.6 Å². The molecule has 2 aromatic rings. The van der Waals surface area contributed by atoms with Crippen LogP contribution in [0, 0.1) is 0 Å². The van der Waals surface area contributed by atoms with E-state index in [2.05, 4.69) is 9.97 Å². The van der Waals surface area contributed by atoms with Crippen LogP contribution in [0.1, 0.15) is 17.3 Å². The van der Waals surface area contributed by atoms with Crippen molar-refractivity contribution in [3.8, 4) is 5.88 Å². The summed E-state index contributed by atoms with van der Waals surface area (Å²) in [6.07, 6.45) is 1.94. The highest BCUT2D eigenvalue weighted by molar-refractivity contribution is 6.36. The van der Waals surface area contributed by atoms with Gasteiger partial charge in [-0.25, -0.2) is 9.97 Å². The van der Waals surface area contributed by atoms with Gasteiger partial charge in [0, 0.05) is 39.8 Å². The maximum atomic E-state index is 6.15. The number of hydrogen-bond donors (Lipinski definition) is 1. The first-order valence-electron chi connectivity index (χ1n) is 5.66. The van der Waals surface area contributed by atoms with Gasteiger partial charge in [0.15, 0.2) is 0 Å². The maximum absolute atomic E-state index is 6.15. The molecule has 0 fully saturated rings. The number of rotatable bonds is 4. The molecular formula is C13H13Cl2N3O. The van der Waals surface area contributed by atoms with E-state index in [-0.39, 0.29) is 6.04 Å². The van der Waals surface area contributed by atoms with Crippen molar-refractivity contribution in [2.24, 2.45) is 5.73 Å². The van der Waals surface area contributed by atoms with Crippen molar-refractivity contribution >= 4 is 23.2 Å². The molecule has 0 aliphatic heterocycles. The van der Waals surface area contributed by atoms with E-state index in [1.807, 2.05) is 0 Å². The number of methoxy groups -OCH3 is 1. The summed E-state index contributed by atoms with van der Waals surface area (Å²) >= 11 is 12.3. The SMILES string of the molecule is COc1cc(CC(N)c2c(Cl)cccc2Cl)ncn1. The predicted octanol–water partition coefficient (Wildman–Crippen LogP) is 3.03. The highest BCUT2D eigenvalue weighted by Gasteiger charge is 2.15. The zero-order valence-electron chi connectivity index (χ0n) is 10.3. The Morgan fingerprint density at radius 1 is 1.26 bits per heavy atom. The molecule has 1 aromatic carbocycles. The molecule has 1 atom stereocenters. The Hall–Kier alpha value is -1.36. The number of nitrogens with two attached hydrogens (primary N) is 1. The summed E-state index contributed by atoms with van der Waals surface area (Å²) in [6.45, 7) is 0. The van der Waals surface area contributed by atoms with Crippen LogP contribution in [-0.4, -0.2) is 17.1 Å². The minimum atomic E-state index is -0.333. The molecule has 2 N–H and O–H groups in total. The van der Waals surface area contributed by atoms with Gasteiger partial charge in [-0.3, -0.25) is 0 Å². The average Bonchev–Trinajstić information content (AvgIpc) is 2.38. The van der Waals surface area contributed by atoms with Crippen LogP contribution >= 0.6 is 23.2 Å². The van der Waals surface area contributed by atoms with Crippen LogP contribution in [0.3, 0.4) is 0 Å². The largest absolute Gasteiger partial charge is 0.481 e. The van der Waals surface area contributed by atoms with Gasteiger partial charge in [0.05, 0.1) is 7.11 Å². The third-order valence-electron chi connectivity index (χ3n) is 2.71. The Morgan fingerprint density at radius 3 is 2.58 bits per heavy atom. The standard InChI is InChI=1S/C13H13Cl2N3O/c1-19-12-6-8(17-7-18-12)5-11(16)13-9(14)3-2-4-10(13)15/h2-4,6-7,11H,5,16H2,1H3. The molecule has 1 heterocycles. The van der Waals surface area contributed by atoms with Crippen LogP contribution in [0.2, 0.25) is 10.0 Å². The predicted molar refractivity (Wildman–Crippen MR) is 75.7 cm³/mol. The summed E-state index contributed by atoms with van der Waals surface area (Å²) in [4.78, 5) is 8.10. The van der Waals surface area contributed by atoms with E-state index in [9.17, 15) is 0 Å². The monoisotopic (exact) mass is 297 g/mol. The quantitative estimate of drug-likeness (QED) is 0.942. The van der Waals surface area contributed by atoms with Gasteiger partial charge in [-0.1, -0.05) is 29.3 Å². The highest BCUT2D eigenvalue weighted by Crippen LogP contribution is 2.30. The van der Waals surface area contributed by atoms with Crippen molar-refractivity contribution in [3.05, 3.63) is 51.9 Å². The zero-order valence-corrected chi connectivity index (χ0v) is 11.8. The number of ether oxygens (including phenoxy) is 1. The smallest absolute Gasteiger partial charge is 0.216 e. The van der Waals surface area contributed by atoms with E-state index in [0.717, 1.165) is 11.3 Å². The molecule has 0 bridgehead atoms. The average molecular weight is 298 g/mol. The molecule has 4 nitrogen and oxygen atoms in total. The lowest BCUT2D eigenvalue weighted by atomic mass is 10.0. The van der Waals surface area contributed by atoms with Crippen molar-refractivity contribution < 1.29 is 4.74 Å². The summed E-state index contributed by atoms with van der Waals surface area (Å²) in [7, 11) is 1.55. The van der Waals surface area contributed by atoms with Gasteiger partial charge >= 0.3 is 0 Å². The maximum Gasteiger partial charge on any atom is 0.216 e. The molecule has 0 amide bonds. The Balaban J connectivity index is 2.23. The fourth-order valence-corrected chi connectivity index (χ4v) is 2.47. The molecule has 0 radical (unpaired) electrons. The van der Waals surface area contributed by atoms with E-state index < -0.39 is 0 Å². The lowest BCUT2D eigenvalue weighted by molar-refractivity contribution is 0.395. The summed E-state index contributed by atoms with van der Waals surface area (Å²) in [5, 5.41) is 1.11. The van der Waals surface area contributed by atoms with Crippen LogP contribution in [0.25, 0.3) is 0 Å². The van der Waals surface area contributed by atoms with E-state index in [1.54, 1.807) is 31.4 Å². The van der Waals surface area contributed by atoms with Gasteiger partial charge in [-0.2, -0.15) is 0 Å². The van der Waals surface area contributed by atoms with Gasteiger partial charge in [0.25, 0.3) is 0 Å². The second-order valence-electron chi connectivity index (χ2n) is 4.00. The molecule has 6 heteroatoms. The summed E-state index contributed by atoms with van der Waals surface area (Å²) in [5.41, 5.74) is 7.65. The second-order valence-corrected chi connectivity index (χ2v) is 4.81. The van der Waals surface area contributed by atoms with Gasteiger partial charge in [0.1, 0.15) is 6.33 Å². The number of benzene rings is 1. The number of nitrogens with zero attached hydrogens (tertiary/aromatic N) is 2. The first kappa shape index (κ1) is 14.1. The van der Waals surface area contributed by atoms with Crippen molar-refractivity contribution in [3.63, 3.8) is 0 Å². The van der Waals surface area contributed by atoms with E-state index in [0.29, 0.717) is 22.3 Å². The number of hydrogen-bond acceptors (Lipinski definition) is 4. The van der Waals surface area contributed by atoms with Crippen LogP contribution in [0.4, 0.5) is 0 Å². The topological polar surface area (TPSA) is 61.0 Å². The normalized spacial score (nSPS) is 12.2. The Kier molecular flexibility index (Phi) is 4.58. The van der Waals surface area contributed by atoms with Crippen molar-refractivity contribution in [2.75, 3.05) is 7.11 Å². The Bertz CT molecular complexity index is 557. The zero-order chi connectivity index (χ0) is 13.8. The van der Waals surface area contributed by atoms with Crippen molar-refractivity contribution in [1.29, 1.82) is 0 Å². The molecular weight excluding hydrogens is 285 g/mol. The van der Waals surface area contributed by atoms with Gasteiger partial charge in [-0.15, -0.1) is 0 Å². The highest BCUT2D eigenvalue weighted by atomic mass is 35.5. The van der Waals surface area contributed by atoms with Crippen molar-refractivity contribution in [2.45, 2.75) is 12.5 Å². The van der Waals surface area contributed by atoms with Crippen LogP contribution in [-0.2, 0) is 6.42 Å². The summed E-state index contributed by atoms with van der Waals surface area (Å²) in [5.74, 6) is 0.502. The van der Waals surface area contributed by atoms with E-state index in [4.69, 9.17) is 33.7 Å². The minimum absolute atomic E-state index is 0.333. The summed E-state index contributed by atoms with van der Waals surface area (Å²) in [6, 6.07) is 6.73. The molecule has 0 saturated carbocycles. The molecule has 19 heavy (non-hydrogen) atoms. The lowest BCUT2D eigenvalue weighted by Gasteiger charge is -2.15. The summed E-state index contributed by atoms with van der Waals surface area (Å²) < 4.78 is 5.05. The van der Waals surface area contributed by atoms with Gasteiger partial charge in [-0.05, 0) is 12.1 Å². The minimum Gasteiger partial charge on any atom is -0.481 e. The number of halogens is 2. The van der Waals surface area contributed by atoms with Crippen LogP contribution < -0.4 is 10.5 Å². The second kappa shape index (κ2) is 6.19. The van der Waals surface area contributed by atoms with Crippen molar-refractivity contribution in [1.82, 2.24) is 9.97 Å². The third-order valence-corrected chi connectivity index (χ3v) is 3.37. The fraction of sp³-hybridized carbons (Fsp3) is 0.231.